The van der Waals surface area contributed by atoms with Crippen LogP contribution in [0.1, 0.15) is 46.3 Å². The van der Waals surface area contributed by atoms with Crippen molar-refractivity contribution in [1.29, 1.82) is 0 Å². The average molecular weight is 273 g/mol. The number of furan rings is 1. The normalized spacial score (nSPS) is 17.9. The number of nitrogens with zero attached hydrogens (tertiary/aromatic N) is 3. The second-order valence-corrected chi connectivity index (χ2v) is 5.48. The van der Waals surface area contributed by atoms with Crippen molar-refractivity contribution < 1.29 is 9.21 Å². The molecule has 3 rings (SSSR count). The SMILES string of the molecule is Cc1coc(C(=O)N(C)C2CCCc3c2cnn3C)c1. The molecule has 1 atom stereocenters. The van der Waals surface area contributed by atoms with Crippen LogP contribution in [-0.4, -0.2) is 27.6 Å². The molecule has 0 aromatic carbocycles. The Kier molecular flexibility index (Phi) is 3.12. The Balaban J connectivity index is 1.88. The first-order valence-corrected chi connectivity index (χ1v) is 6.91. The van der Waals surface area contributed by atoms with Crippen LogP contribution in [0.2, 0.25) is 0 Å². The third kappa shape index (κ3) is 2.03. The summed E-state index contributed by atoms with van der Waals surface area (Å²) in [6, 6.07) is 1.87. The van der Waals surface area contributed by atoms with Gasteiger partial charge in [-0.15, -0.1) is 0 Å². The van der Waals surface area contributed by atoms with E-state index in [2.05, 4.69) is 5.10 Å². The van der Waals surface area contributed by atoms with Crippen molar-refractivity contribution in [2.24, 2.45) is 7.05 Å². The average Bonchev–Trinajstić information content (AvgIpc) is 3.04. The van der Waals surface area contributed by atoms with E-state index in [4.69, 9.17) is 4.42 Å². The van der Waals surface area contributed by atoms with Crippen molar-refractivity contribution >= 4 is 5.91 Å². The van der Waals surface area contributed by atoms with E-state index in [9.17, 15) is 4.79 Å². The van der Waals surface area contributed by atoms with Crippen molar-refractivity contribution in [2.45, 2.75) is 32.2 Å². The number of amides is 1. The van der Waals surface area contributed by atoms with E-state index in [1.807, 2.05) is 31.9 Å². The van der Waals surface area contributed by atoms with Gasteiger partial charge in [-0.05, 0) is 37.8 Å². The molecule has 2 aromatic rings. The molecule has 0 N–H and O–H groups in total. The van der Waals surface area contributed by atoms with Crippen LogP contribution in [0.25, 0.3) is 0 Å². The summed E-state index contributed by atoms with van der Waals surface area (Å²) >= 11 is 0. The van der Waals surface area contributed by atoms with Crippen molar-refractivity contribution in [2.75, 3.05) is 7.05 Å². The summed E-state index contributed by atoms with van der Waals surface area (Å²) in [7, 11) is 3.80. The van der Waals surface area contributed by atoms with Crippen LogP contribution >= 0.6 is 0 Å². The van der Waals surface area contributed by atoms with Crippen molar-refractivity contribution in [3.05, 3.63) is 41.1 Å². The molecule has 0 spiro atoms. The maximum atomic E-state index is 12.5. The Morgan fingerprint density at radius 2 is 2.35 bits per heavy atom. The smallest absolute Gasteiger partial charge is 0.289 e. The Labute approximate surface area is 118 Å². The first-order valence-electron chi connectivity index (χ1n) is 6.91. The van der Waals surface area contributed by atoms with E-state index in [1.165, 1.54) is 5.69 Å². The van der Waals surface area contributed by atoms with Gasteiger partial charge in [-0.25, -0.2) is 0 Å². The van der Waals surface area contributed by atoms with E-state index < -0.39 is 0 Å². The number of aromatic nitrogens is 2. The predicted molar refractivity (Wildman–Crippen MR) is 74.4 cm³/mol. The Morgan fingerprint density at radius 1 is 1.55 bits per heavy atom. The number of hydrogen-bond donors (Lipinski definition) is 0. The highest BCUT2D eigenvalue weighted by molar-refractivity contribution is 5.91. The molecule has 106 valence electrons. The van der Waals surface area contributed by atoms with Gasteiger partial charge in [0.1, 0.15) is 0 Å². The lowest BCUT2D eigenvalue weighted by Crippen LogP contribution is -2.33. The molecular formula is C15H19N3O2. The van der Waals surface area contributed by atoms with Crippen LogP contribution < -0.4 is 0 Å². The van der Waals surface area contributed by atoms with Gasteiger partial charge in [-0.1, -0.05) is 0 Å². The van der Waals surface area contributed by atoms with Crippen molar-refractivity contribution in [3.8, 4) is 0 Å². The Morgan fingerprint density at radius 3 is 3.05 bits per heavy atom. The van der Waals surface area contributed by atoms with E-state index in [1.54, 1.807) is 17.2 Å². The van der Waals surface area contributed by atoms with Crippen LogP contribution in [0, 0.1) is 6.92 Å². The van der Waals surface area contributed by atoms with Crippen LogP contribution in [0.15, 0.2) is 22.9 Å². The monoisotopic (exact) mass is 273 g/mol. The summed E-state index contributed by atoms with van der Waals surface area (Å²) in [5.41, 5.74) is 3.36. The zero-order chi connectivity index (χ0) is 14.3. The highest BCUT2D eigenvalue weighted by Crippen LogP contribution is 2.34. The van der Waals surface area contributed by atoms with Crippen molar-refractivity contribution in [1.82, 2.24) is 14.7 Å². The zero-order valence-electron chi connectivity index (χ0n) is 12.1. The van der Waals surface area contributed by atoms with Gasteiger partial charge in [0.25, 0.3) is 5.91 Å². The maximum absolute atomic E-state index is 12.5. The summed E-state index contributed by atoms with van der Waals surface area (Å²) in [4.78, 5) is 14.3. The molecule has 0 fully saturated rings. The molecule has 0 aliphatic heterocycles. The minimum absolute atomic E-state index is 0.0696. The predicted octanol–water partition coefficient (Wildman–Crippen LogP) is 2.47. The fourth-order valence-corrected chi connectivity index (χ4v) is 2.94. The van der Waals surface area contributed by atoms with Crippen LogP contribution in [0.5, 0.6) is 0 Å². The van der Waals surface area contributed by atoms with Crippen molar-refractivity contribution in [3.63, 3.8) is 0 Å². The molecule has 2 aromatic heterocycles. The maximum Gasteiger partial charge on any atom is 0.289 e. The molecule has 1 aliphatic carbocycles. The lowest BCUT2D eigenvalue weighted by molar-refractivity contribution is 0.0682. The largest absolute Gasteiger partial charge is 0.459 e. The standard InChI is InChI=1S/C15H19N3O2/c1-10-7-14(20-9-10)15(19)17(2)12-5-4-6-13-11(12)8-16-18(13)3/h7-9,12H,4-6H2,1-3H3. The van der Waals surface area contributed by atoms with E-state index in [0.29, 0.717) is 5.76 Å². The zero-order valence-corrected chi connectivity index (χ0v) is 12.1. The number of fused-ring (bicyclic) bond motifs is 1. The molecule has 20 heavy (non-hydrogen) atoms. The van der Waals surface area contributed by atoms with Gasteiger partial charge in [-0.2, -0.15) is 5.10 Å². The first-order chi connectivity index (χ1) is 9.58. The number of aryl methyl sites for hydroxylation is 2. The third-order valence-electron chi connectivity index (χ3n) is 4.07. The second kappa shape index (κ2) is 4.81. The van der Waals surface area contributed by atoms with Gasteiger partial charge in [0.05, 0.1) is 18.5 Å². The number of rotatable bonds is 2. The van der Waals surface area contributed by atoms with E-state index >= 15 is 0 Å². The highest BCUT2D eigenvalue weighted by Gasteiger charge is 2.30. The number of carbonyl (C=O) groups is 1. The molecule has 1 amide bonds. The minimum atomic E-state index is -0.0696. The van der Waals surface area contributed by atoms with E-state index in [-0.39, 0.29) is 11.9 Å². The van der Waals surface area contributed by atoms with E-state index in [0.717, 1.165) is 30.4 Å². The van der Waals surface area contributed by atoms with Crippen LogP contribution in [0.3, 0.4) is 0 Å². The molecule has 5 nitrogen and oxygen atoms in total. The van der Waals surface area contributed by atoms with Crippen LogP contribution in [0.4, 0.5) is 0 Å². The molecule has 0 radical (unpaired) electrons. The molecular weight excluding hydrogens is 254 g/mol. The lowest BCUT2D eigenvalue weighted by atomic mass is 9.92. The molecule has 0 saturated carbocycles. The number of hydrogen-bond acceptors (Lipinski definition) is 3. The topological polar surface area (TPSA) is 51.3 Å². The quantitative estimate of drug-likeness (QED) is 0.844. The molecule has 5 heteroatoms. The van der Waals surface area contributed by atoms with Gasteiger partial charge in [0, 0.05) is 25.4 Å². The lowest BCUT2D eigenvalue weighted by Gasteiger charge is -2.30. The Bertz CT molecular complexity index is 641. The third-order valence-corrected chi connectivity index (χ3v) is 4.07. The molecule has 2 heterocycles. The molecule has 1 unspecified atom stereocenters. The summed E-state index contributed by atoms with van der Waals surface area (Å²) in [6.45, 7) is 1.92. The number of carbonyl (C=O) groups excluding carboxylic acids is 1. The molecule has 0 saturated heterocycles. The van der Waals surface area contributed by atoms with Gasteiger partial charge >= 0.3 is 0 Å². The van der Waals surface area contributed by atoms with Gasteiger partial charge < -0.3 is 9.32 Å². The fraction of sp³-hybridized carbons (Fsp3) is 0.467. The van der Waals surface area contributed by atoms with Gasteiger partial charge in [-0.3, -0.25) is 9.48 Å². The molecule has 0 bridgehead atoms. The second-order valence-electron chi connectivity index (χ2n) is 5.48. The van der Waals surface area contributed by atoms with Crippen LogP contribution in [-0.2, 0) is 13.5 Å². The Hall–Kier alpha value is -2.04. The summed E-state index contributed by atoms with van der Waals surface area (Å²) in [6.07, 6.45) is 6.57. The molecule has 1 aliphatic rings. The minimum Gasteiger partial charge on any atom is -0.459 e. The summed E-state index contributed by atoms with van der Waals surface area (Å²) in [5.74, 6) is 0.334. The van der Waals surface area contributed by atoms with Gasteiger partial charge in [0.2, 0.25) is 0 Å². The highest BCUT2D eigenvalue weighted by atomic mass is 16.3. The first kappa shape index (κ1) is 13.0. The summed E-state index contributed by atoms with van der Waals surface area (Å²) in [5, 5.41) is 4.32. The summed E-state index contributed by atoms with van der Waals surface area (Å²) < 4.78 is 7.23. The van der Waals surface area contributed by atoms with Gasteiger partial charge in [0.15, 0.2) is 5.76 Å². The fourth-order valence-electron chi connectivity index (χ4n) is 2.94.